The van der Waals surface area contributed by atoms with Crippen molar-refractivity contribution in [3.63, 3.8) is 0 Å². The van der Waals surface area contributed by atoms with Gasteiger partial charge in [0.15, 0.2) is 11.2 Å². The maximum absolute atomic E-state index is 13.0. The lowest BCUT2D eigenvalue weighted by Gasteiger charge is -2.20. The number of hydrogen-bond donors (Lipinski definition) is 0. The van der Waals surface area contributed by atoms with Crippen molar-refractivity contribution in [1.29, 1.82) is 0 Å². The third kappa shape index (κ3) is 3.43. The zero-order valence-corrected chi connectivity index (χ0v) is 17.7. The molecule has 0 fully saturated rings. The molecule has 2 aromatic carbocycles. The Balaban J connectivity index is 1.92. The van der Waals surface area contributed by atoms with E-state index in [0.717, 1.165) is 21.3 Å². The van der Waals surface area contributed by atoms with Crippen LogP contribution in [-0.2, 0) is 27.2 Å². The van der Waals surface area contributed by atoms with Crippen LogP contribution in [0.5, 0.6) is 0 Å². The highest BCUT2D eigenvalue weighted by molar-refractivity contribution is 5.74. The molecule has 0 amide bonds. The van der Waals surface area contributed by atoms with E-state index in [0.29, 0.717) is 30.2 Å². The van der Waals surface area contributed by atoms with Crippen LogP contribution >= 0.6 is 0 Å². The number of anilines is 1. The molecule has 0 aliphatic rings. The average Bonchev–Trinajstić information content (AvgIpc) is 3.11. The summed E-state index contributed by atoms with van der Waals surface area (Å²) in [6, 6.07) is 18.3. The Morgan fingerprint density at radius 1 is 0.933 bits per heavy atom. The lowest BCUT2D eigenvalue weighted by molar-refractivity contribution is 0.701. The van der Waals surface area contributed by atoms with Crippen LogP contribution in [0.3, 0.4) is 0 Å². The van der Waals surface area contributed by atoms with Crippen LogP contribution in [-0.4, -0.2) is 25.7 Å². The van der Waals surface area contributed by atoms with Crippen molar-refractivity contribution < 1.29 is 0 Å². The number of rotatable bonds is 5. The van der Waals surface area contributed by atoms with Gasteiger partial charge in [-0.05, 0) is 18.1 Å². The molecular formula is C23H25N5O2. The molecule has 0 unspecified atom stereocenters. The van der Waals surface area contributed by atoms with Crippen LogP contribution in [0.4, 0.5) is 5.95 Å². The fourth-order valence-corrected chi connectivity index (χ4v) is 3.80. The average molecular weight is 403 g/mol. The minimum absolute atomic E-state index is 0.340. The van der Waals surface area contributed by atoms with Crippen molar-refractivity contribution in [1.82, 2.24) is 18.7 Å². The summed E-state index contributed by atoms with van der Waals surface area (Å²) in [6.07, 6.45) is 0. The Morgan fingerprint density at radius 2 is 1.63 bits per heavy atom. The van der Waals surface area contributed by atoms with E-state index in [9.17, 15) is 9.59 Å². The fraction of sp³-hybridized carbons (Fsp3) is 0.261. The van der Waals surface area contributed by atoms with E-state index >= 15 is 0 Å². The summed E-state index contributed by atoms with van der Waals surface area (Å²) in [7, 11) is 5.10. The standard InChI is InChI=1S/C23H25N5O2/c1-16-9-8-12-18(13-16)15-28-19-20(26(3)23(30)27(4)21(19)29)24-22(28)25(2)14-17-10-6-5-7-11-17/h5-13H,14-15H2,1-4H3. The molecule has 2 aromatic heterocycles. The molecule has 2 heterocycles. The molecule has 0 bridgehead atoms. The van der Waals surface area contributed by atoms with E-state index in [2.05, 4.69) is 18.2 Å². The molecule has 4 aromatic rings. The first-order chi connectivity index (χ1) is 14.4. The smallest absolute Gasteiger partial charge is 0.332 e. The van der Waals surface area contributed by atoms with Crippen molar-refractivity contribution in [3.8, 4) is 0 Å². The quantitative estimate of drug-likeness (QED) is 0.513. The van der Waals surface area contributed by atoms with Crippen molar-refractivity contribution in [2.24, 2.45) is 14.1 Å². The summed E-state index contributed by atoms with van der Waals surface area (Å²) >= 11 is 0. The molecule has 0 spiro atoms. The third-order valence-corrected chi connectivity index (χ3v) is 5.35. The summed E-state index contributed by atoms with van der Waals surface area (Å²) in [5.74, 6) is 0.647. The molecule has 0 aliphatic carbocycles. The predicted molar refractivity (Wildman–Crippen MR) is 119 cm³/mol. The van der Waals surface area contributed by atoms with Crippen LogP contribution < -0.4 is 16.1 Å². The summed E-state index contributed by atoms with van der Waals surface area (Å²) in [6.45, 7) is 3.16. The van der Waals surface area contributed by atoms with Crippen LogP contribution in [0.1, 0.15) is 16.7 Å². The highest BCUT2D eigenvalue weighted by Crippen LogP contribution is 2.22. The highest BCUT2D eigenvalue weighted by Gasteiger charge is 2.21. The van der Waals surface area contributed by atoms with Gasteiger partial charge in [0.05, 0.1) is 6.54 Å². The Bertz CT molecular complexity index is 1330. The topological polar surface area (TPSA) is 65.1 Å². The van der Waals surface area contributed by atoms with Crippen LogP contribution in [0.25, 0.3) is 11.2 Å². The molecule has 0 atom stereocenters. The number of imidazole rings is 1. The lowest BCUT2D eigenvalue weighted by Crippen LogP contribution is -2.37. The summed E-state index contributed by atoms with van der Waals surface area (Å²) < 4.78 is 4.48. The van der Waals surface area contributed by atoms with Gasteiger partial charge in [0.2, 0.25) is 5.95 Å². The first-order valence-corrected chi connectivity index (χ1v) is 9.83. The molecule has 0 aliphatic heterocycles. The molecule has 0 radical (unpaired) electrons. The molecule has 0 saturated carbocycles. The second kappa shape index (κ2) is 7.67. The molecule has 7 heteroatoms. The molecule has 4 rings (SSSR count). The first kappa shape index (κ1) is 19.7. The summed E-state index contributed by atoms with van der Waals surface area (Å²) in [4.78, 5) is 32.2. The molecule has 0 N–H and O–H groups in total. The zero-order chi connectivity index (χ0) is 21.4. The monoisotopic (exact) mass is 403 g/mol. The van der Waals surface area contributed by atoms with Crippen LogP contribution in [0.15, 0.2) is 64.2 Å². The third-order valence-electron chi connectivity index (χ3n) is 5.35. The van der Waals surface area contributed by atoms with Gasteiger partial charge in [-0.3, -0.25) is 18.5 Å². The summed E-state index contributed by atoms with van der Waals surface area (Å²) in [5.41, 5.74) is 3.45. The number of nitrogens with zero attached hydrogens (tertiary/aromatic N) is 5. The second-order valence-electron chi connectivity index (χ2n) is 7.71. The van der Waals surface area contributed by atoms with Crippen LogP contribution in [0.2, 0.25) is 0 Å². The number of hydrogen-bond acceptors (Lipinski definition) is 4. The molecule has 7 nitrogen and oxygen atoms in total. The number of benzene rings is 2. The molecule has 30 heavy (non-hydrogen) atoms. The van der Waals surface area contributed by atoms with Gasteiger partial charge in [0.25, 0.3) is 5.56 Å². The van der Waals surface area contributed by atoms with Gasteiger partial charge >= 0.3 is 5.69 Å². The van der Waals surface area contributed by atoms with Crippen molar-refractivity contribution in [2.75, 3.05) is 11.9 Å². The van der Waals surface area contributed by atoms with Gasteiger partial charge in [-0.1, -0.05) is 60.2 Å². The Morgan fingerprint density at radius 3 is 2.33 bits per heavy atom. The minimum atomic E-state index is -0.384. The van der Waals surface area contributed by atoms with E-state index in [1.54, 1.807) is 7.05 Å². The Labute approximate surface area is 174 Å². The number of aromatic nitrogens is 4. The summed E-state index contributed by atoms with van der Waals surface area (Å²) in [5, 5.41) is 0. The van der Waals surface area contributed by atoms with Gasteiger partial charge in [-0.15, -0.1) is 0 Å². The van der Waals surface area contributed by atoms with Crippen molar-refractivity contribution in [2.45, 2.75) is 20.0 Å². The first-order valence-electron chi connectivity index (χ1n) is 9.83. The number of fused-ring (bicyclic) bond motifs is 1. The largest absolute Gasteiger partial charge is 0.341 e. The van der Waals surface area contributed by atoms with E-state index < -0.39 is 0 Å². The maximum Gasteiger partial charge on any atom is 0.332 e. The van der Waals surface area contributed by atoms with Gasteiger partial charge in [0, 0.05) is 27.7 Å². The highest BCUT2D eigenvalue weighted by atomic mass is 16.2. The predicted octanol–water partition coefficient (Wildman–Crippen LogP) is 2.43. The fourth-order valence-electron chi connectivity index (χ4n) is 3.80. The van der Waals surface area contributed by atoms with E-state index in [-0.39, 0.29) is 11.2 Å². The normalized spacial score (nSPS) is 11.2. The molecular weight excluding hydrogens is 378 g/mol. The van der Waals surface area contributed by atoms with Gasteiger partial charge in [-0.25, -0.2) is 4.79 Å². The second-order valence-corrected chi connectivity index (χ2v) is 7.71. The van der Waals surface area contributed by atoms with Gasteiger partial charge in [-0.2, -0.15) is 4.98 Å². The van der Waals surface area contributed by atoms with Crippen LogP contribution in [0, 0.1) is 6.92 Å². The Kier molecular flexibility index (Phi) is 5.03. The van der Waals surface area contributed by atoms with Gasteiger partial charge < -0.3 is 4.90 Å². The van der Waals surface area contributed by atoms with Gasteiger partial charge in [0.1, 0.15) is 0 Å². The zero-order valence-electron chi connectivity index (χ0n) is 17.7. The maximum atomic E-state index is 13.0. The van der Waals surface area contributed by atoms with Crippen molar-refractivity contribution >= 4 is 17.1 Å². The lowest BCUT2D eigenvalue weighted by atomic mass is 10.1. The minimum Gasteiger partial charge on any atom is -0.341 e. The van der Waals surface area contributed by atoms with E-state index in [1.165, 1.54) is 11.6 Å². The van der Waals surface area contributed by atoms with E-state index in [4.69, 9.17) is 4.98 Å². The molecule has 154 valence electrons. The molecule has 0 saturated heterocycles. The SMILES string of the molecule is Cc1cccc(Cn2c(N(C)Cc3ccccc3)nc3c2c(=O)n(C)c(=O)n3C)c1. The Hall–Kier alpha value is -3.61. The van der Waals surface area contributed by atoms with Crippen molar-refractivity contribution in [3.05, 3.63) is 92.1 Å². The van der Waals surface area contributed by atoms with E-state index in [1.807, 2.05) is 59.8 Å². The number of aryl methyl sites for hydroxylation is 2.